The van der Waals surface area contributed by atoms with E-state index in [9.17, 15) is 4.79 Å². The highest BCUT2D eigenvalue weighted by atomic mass is 35.5. The van der Waals surface area contributed by atoms with Gasteiger partial charge in [-0.2, -0.15) is 0 Å². The van der Waals surface area contributed by atoms with Crippen LogP contribution >= 0.6 is 11.6 Å². The number of rotatable bonds is 2. The number of benzene rings is 1. The Morgan fingerprint density at radius 3 is 2.82 bits per heavy atom. The molecule has 0 unspecified atom stereocenters. The van der Waals surface area contributed by atoms with Gasteiger partial charge in [0, 0.05) is 12.5 Å². The highest BCUT2D eigenvalue weighted by Crippen LogP contribution is 2.20. The SMILES string of the molecule is Cc1nnc(NC(=O)c2ccc(Cl)c(N)c2)o1. The van der Waals surface area contributed by atoms with Crippen LogP contribution in [0, 0.1) is 6.92 Å². The first kappa shape index (κ1) is 11.4. The molecule has 0 spiro atoms. The molecule has 2 rings (SSSR count). The summed E-state index contributed by atoms with van der Waals surface area (Å²) in [5.41, 5.74) is 6.29. The van der Waals surface area contributed by atoms with Crippen molar-refractivity contribution in [2.75, 3.05) is 11.1 Å². The molecular formula is C10H9ClN4O2. The topological polar surface area (TPSA) is 94.0 Å². The maximum absolute atomic E-state index is 11.7. The summed E-state index contributed by atoms with van der Waals surface area (Å²) in [5.74, 6) is -0.0204. The van der Waals surface area contributed by atoms with Gasteiger partial charge in [-0.05, 0) is 18.2 Å². The standard InChI is InChI=1S/C10H9ClN4O2/c1-5-14-15-10(17-5)13-9(16)6-2-3-7(11)8(12)4-6/h2-4H,12H2,1H3,(H,13,15,16). The number of nitrogens with one attached hydrogen (secondary N) is 1. The molecular weight excluding hydrogens is 244 g/mol. The smallest absolute Gasteiger partial charge is 0.322 e. The monoisotopic (exact) mass is 252 g/mol. The van der Waals surface area contributed by atoms with Gasteiger partial charge < -0.3 is 10.2 Å². The van der Waals surface area contributed by atoms with Crippen LogP contribution in [-0.2, 0) is 0 Å². The molecule has 17 heavy (non-hydrogen) atoms. The Balaban J connectivity index is 2.17. The minimum Gasteiger partial charge on any atom is -0.408 e. The molecule has 1 amide bonds. The van der Waals surface area contributed by atoms with Crippen molar-refractivity contribution < 1.29 is 9.21 Å². The van der Waals surface area contributed by atoms with E-state index in [2.05, 4.69) is 15.5 Å². The van der Waals surface area contributed by atoms with Gasteiger partial charge in [0.2, 0.25) is 5.89 Å². The molecule has 1 aromatic carbocycles. The summed E-state index contributed by atoms with van der Waals surface area (Å²) in [4.78, 5) is 11.7. The summed E-state index contributed by atoms with van der Waals surface area (Å²) in [5, 5.41) is 10.1. The lowest BCUT2D eigenvalue weighted by Crippen LogP contribution is -2.12. The Labute approximate surface area is 102 Å². The number of hydrogen-bond donors (Lipinski definition) is 2. The summed E-state index contributed by atoms with van der Waals surface area (Å²) >= 11 is 5.75. The zero-order valence-electron chi connectivity index (χ0n) is 8.90. The summed E-state index contributed by atoms with van der Waals surface area (Å²) in [7, 11) is 0. The molecule has 0 aliphatic rings. The third-order valence-corrected chi connectivity index (χ3v) is 2.35. The number of nitrogen functional groups attached to an aromatic ring is 1. The molecule has 1 aromatic heterocycles. The summed E-state index contributed by atoms with van der Waals surface area (Å²) in [6.45, 7) is 1.63. The molecule has 6 nitrogen and oxygen atoms in total. The van der Waals surface area contributed by atoms with E-state index in [-0.39, 0.29) is 6.01 Å². The second-order valence-corrected chi connectivity index (χ2v) is 3.72. The first-order chi connectivity index (χ1) is 8.06. The third-order valence-electron chi connectivity index (χ3n) is 2.00. The first-order valence-electron chi connectivity index (χ1n) is 4.73. The number of aryl methyl sites for hydroxylation is 1. The summed E-state index contributed by atoms with van der Waals surface area (Å²) in [6, 6.07) is 4.62. The Bertz CT molecular complexity index is 567. The van der Waals surface area contributed by atoms with Crippen LogP contribution in [0.4, 0.5) is 11.7 Å². The minimum atomic E-state index is -0.392. The van der Waals surface area contributed by atoms with Crippen molar-refractivity contribution in [3.8, 4) is 0 Å². The van der Waals surface area contributed by atoms with Gasteiger partial charge in [-0.3, -0.25) is 10.1 Å². The Hall–Kier alpha value is -2.08. The van der Waals surface area contributed by atoms with Gasteiger partial charge in [-0.25, -0.2) is 0 Å². The molecule has 0 saturated carbocycles. The normalized spacial score (nSPS) is 10.2. The van der Waals surface area contributed by atoms with Crippen LogP contribution in [0.25, 0.3) is 0 Å². The van der Waals surface area contributed by atoms with E-state index >= 15 is 0 Å². The number of nitrogens with zero attached hydrogens (tertiary/aromatic N) is 2. The predicted molar refractivity (Wildman–Crippen MR) is 62.9 cm³/mol. The van der Waals surface area contributed by atoms with Crippen molar-refractivity contribution >= 4 is 29.2 Å². The van der Waals surface area contributed by atoms with E-state index in [1.165, 1.54) is 6.07 Å². The maximum Gasteiger partial charge on any atom is 0.322 e. The molecule has 1 heterocycles. The van der Waals surface area contributed by atoms with Gasteiger partial charge >= 0.3 is 6.01 Å². The number of carbonyl (C=O) groups is 1. The lowest BCUT2D eigenvalue weighted by Gasteiger charge is -2.02. The molecule has 0 saturated heterocycles. The fraction of sp³-hybridized carbons (Fsp3) is 0.100. The van der Waals surface area contributed by atoms with Crippen molar-refractivity contribution in [3.05, 3.63) is 34.7 Å². The Morgan fingerprint density at radius 1 is 1.47 bits per heavy atom. The molecule has 7 heteroatoms. The summed E-state index contributed by atoms with van der Waals surface area (Å²) in [6.07, 6.45) is 0. The quantitative estimate of drug-likeness (QED) is 0.796. The van der Waals surface area contributed by atoms with Gasteiger partial charge in [0.15, 0.2) is 0 Å². The van der Waals surface area contributed by atoms with Crippen LogP contribution in [0.5, 0.6) is 0 Å². The van der Waals surface area contributed by atoms with Crippen LogP contribution in [-0.4, -0.2) is 16.1 Å². The van der Waals surface area contributed by atoms with Gasteiger partial charge in [0.1, 0.15) is 0 Å². The van der Waals surface area contributed by atoms with Crippen molar-refractivity contribution in [1.29, 1.82) is 0 Å². The van der Waals surface area contributed by atoms with Crippen LogP contribution in [0.2, 0.25) is 5.02 Å². The molecule has 0 aliphatic carbocycles. The first-order valence-corrected chi connectivity index (χ1v) is 5.10. The van der Waals surface area contributed by atoms with E-state index in [1.807, 2.05) is 0 Å². The largest absolute Gasteiger partial charge is 0.408 e. The van der Waals surface area contributed by atoms with Gasteiger partial charge in [0.05, 0.1) is 10.7 Å². The average Bonchev–Trinajstić information content (AvgIpc) is 2.68. The second kappa shape index (κ2) is 4.42. The molecule has 0 bridgehead atoms. The van der Waals surface area contributed by atoms with Crippen LogP contribution in [0.3, 0.4) is 0 Å². The van der Waals surface area contributed by atoms with Gasteiger partial charge in [-0.15, -0.1) is 5.10 Å². The van der Waals surface area contributed by atoms with Crippen molar-refractivity contribution in [2.45, 2.75) is 6.92 Å². The Kier molecular flexibility index (Phi) is 2.97. The molecule has 88 valence electrons. The van der Waals surface area contributed by atoms with Crippen molar-refractivity contribution in [2.24, 2.45) is 0 Å². The zero-order chi connectivity index (χ0) is 12.4. The number of halogens is 1. The summed E-state index contributed by atoms with van der Waals surface area (Å²) < 4.78 is 5.02. The zero-order valence-corrected chi connectivity index (χ0v) is 9.65. The van der Waals surface area contributed by atoms with Crippen molar-refractivity contribution in [1.82, 2.24) is 10.2 Å². The maximum atomic E-state index is 11.7. The highest BCUT2D eigenvalue weighted by molar-refractivity contribution is 6.33. The molecule has 3 N–H and O–H groups in total. The van der Waals surface area contributed by atoms with E-state index in [4.69, 9.17) is 21.8 Å². The van der Waals surface area contributed by atoms with Crippen LogP contribution in [0.15, 0.2) is 22.6 Å². The van der Waals surface area contributed by atoms with Crippen LogP contribution < -0.4 is 11.1 Å². The van der Waals surface area contributed by atoms with E-state index in [0.717, 1.165) is 0 Å². The lowest BCUT2D eigenvalue weighted by molar-refractivity contribution is 0.102. The van der Waals surface area contributed by atoms with Gasteiger partial charge in [-0.1, -0.05) is 16.7 Å². The average molecular weight is 253 g/mol. The lowest BCUT2D eigenvalue weighted by atomic mass is 10.2. The second-order valence-electron chi connectivity index (χ2n) is 3.32. The molecule has 0 radical (unpaired) electrons. The van der Waals surface area contributed by atoms with E-state index in [0.29, 0.717) is 22.2 Å². The highest BCUT2D eigenvalue weighted by Gasteiger charge is 2.11. The number of nitrogens with two attached hydrogens (primary N) is 1. The van der Waals surface area contributed by atoms with Crippen LogP contribution in [0.1, 0.15) is 16.2 Å². The van der Waals surface area contributed by atoms with Gasteiger partial charge in [0.25, 0.3) is 5.91 Å². The number of aromatic nitrogens is 2. The Morgan fingerprint density at radius 2 is 2.24 bits per heavy atom. The number of anilines is 2. The van der Waals surface area contributed by atoms with E-state index in [1.54, 1.807) is 19.1 Å². The predicted octanol–water partition coefficient (Wildman–Crippen LogP) is 1.87. The molecule has 2 aromatic rings. The number of carbonyl (C=O) groups excluding carboxylic acids is 1. The number of amides is 1. The minimum absolute atomic E-state index is 0.0426. The fourth-order valence-electron chi connectivity index (χ4n) is 1.20. The molecule has 0 aliphatic heterocycles. The van der Waals surface area contributed by atoms with E-state index < -0.39 is 5.91 Å². The third kappa shape index (κ3) is 2.54. The fourth-order valence-corrected chi connectivity index (χ4v) is 1.32. The van der Waals surface area contributed by atoms with Crippen molar-refractivity contribution in [3.63, 3.8) is 0 Å². The molecule has 0 atom stereocenters. The molecule has 0 fully saturated rings. The number of hydrogen-bond acceptors (Lipinski definition) is 5.